The van der Waals surface area contributed by atoms with Gasteiger partial charge in [-0.3, -0.25) is 4.57 Å². The molecule has 0 saturated carbocycles. The van der Waals surface area contributed by atoms with E-state index in [0.29, 0.717) is 22.2 Å². The summed E-state index contributed by atoms with van der Waals surface area (Å²) in [6.07, 6.45) is 2.29. The molecule has 38 heavy (non-hydrogen) atoms. The molecule has 198 valence electrons. The maximum Gasteiger partial charge on any atom is 0.197 e. The lowest BCUT2D eigenvalue weighted by Gasteiger charge is -2.26. The van der Waals surface area contributed by atoms with E-state index >= 15 is 4.39 Å². The summed E-state index contributed by atoms with van der Waals surface area (Å²) in [4.78, 5) is 12.2. The number of aryl methyl sites for hydroxylation is 1. The molecule has 2 atom stereocenters. The van der Waals surface area contributed by atoms with E-state index in [0.717, 1.165) is 25.0 Å². The van der Waals surface area contributed by atoms with Crippen molar-refractivity contribution in [1.82, 2.24) is 29.7 Å². The number of methoxy groups -OCH3 is 2. The molecule has 0 aliphatic rings. The lowest BCUT2D eigenvalue weighted by atomic mass is 10.0. The summed E-state index contributed by atoms with van der Waals surface area (Å²) in [7, 11) is -1.26. The Morgan fingerprint density at radius 1 is 1.18 bits per heavy atom. The molecule has 3 heterocycles. The number of ether oxygens (including phenoxy) is 2. The smallest absolute Gasteiger partial charge is 0.197 e. The average Bonchev–Trinajstić information content (AvgIpc) is 3.52. The van der Waals surface area contributed by atoms with E-state index < -0.39 is 26.5 Å². The van der Waals surface area contributed by atoms with Crippen LogP contribution in [0, 0.1) is 18.3 Å². The van der Waals surface area contributed by atoms with Gasteiger partial charge in [-0.2, -0.15) is 5.26 Å². The molecule has 0 amide bonds. The van der Waals surface area contributed by atoms with Crippen LogP contribution in [0.2, 0.25) is 0 Å². The second-order valence-electron chi connectivity index (χ2n) is 8.51. The van der Waals surface area contributed by atoms with Crippen LogP contribution in [0.3, 0.4) is 0 Å². The predicted molar refractivity (Wildman–Crippen MR) is 138 cm³/mol. The van der Waals surface area contributed by atoms with Gasteiger partial charge in [0.05, 0.1) is 19.8 Å². The normalized spacial score (nSPS) is 13.9. The highest BCUT2D eigenvalue weighted by Gasteiger charge is 2.44. The van der Waals surface area contributed by atoms with Gasteiger partial charge in [0.1, 0.15) is 34.3 Å². The number of nitrogens with zero attached hydrogens (tertiary/aromatic N) is 7. The quantitative estimate of drug-likeness (QED) is 0.299. The van der Waals surface area contributed by atoms with Gasteiger partial charge in [0, 0.05) is 23.5 Å². The van der Waals surface area contributed by atoms with E-state index in [1.165, 1.54) is 37.0 Å². The molecular weight excluding hydrogens is 533 g/mol. The molecule has 0 spiro atoms. The van der Waals surface area contributed by atoms with Gasteiger partial charge in [-0.15, -0.1) is 21.5 Å². The van der Waals surface area contributed by atoms with E-state index in [1.54, 1.807) is 18.2 Å². The third kappa shape index (κ3) is 4.94. The number of aromatic nitrogens is 6. The fourth-order valence-electron chi connectivity index (χ4n) is 3.75. The van der Waals surface area contributed by atoms with Crippen molar-refractivity contribution in [3.05, 3.63) is 58.9 Å². The second-order valence-corrected chi connectivity index (χ2v) is 11.7. The van der Waals surface area contributed by atoms with Crippen molar-refractivity contribution in [2.24, 2.45) is 0 Å². The molecule has 1 aromatic carbocycles. The number of alkyl halides is 1. The highest BCUT2D eigenvalue weighted by atomic mass is 32.2. The maximum absolute atomic E-state index is 15.9. The van der Waals surface area contributed by atoms with Crippen LogP contribution in [0.5, 0.6) is 11.5 Å². The minimum absolute atomic E-state index is 0.0130. The summed E-state index contributed by atoms with van der Waals surface area (Å²) >= 11 is 1.32. The third-order valence-corrected chi connectivity index (χ3v) is 9.15. The van der Waals surface area contributed by atoms with Gasteiger partial charge in [-0.1, -0.05) is 6.07 Å². The van der Waals surface area contributed by atoms with E-state index in [4.69, 9.17) is 14.7 Å². The predicted octanol–water partition coefficient (Wildman–Crippen LogP) is 3.57. The number of sulfone groups is 1. The molecule has 4 rings (SSSR count). The van der Waals surface area contributed by atoms with E-state index in [2.05, 4.69) is 25.1 Å². The Bertz CT molecular complexity index is 1590. The van der Waals surface area contributed by atoms with Gasteiger partial charge in [0.2, 0.25) is 0 Å². The Morgan fingerprint density at radius 2 is 1.82 bits per heavy atom. The third-order valence-electron chi connectivity index (χ3n) is 6.02. The Balaban J connectivity index is 1.83. The zero-order valence-electron chi connectivity index (χ0n) is 21.2. The molecule has 0 saturated heterocycles. The van der Waals surface area contributed by atoms with Crippen LogP contribution >= 0.6 is 11.3 Å². The number of para-hydroxylation sites is 1. The first-order chi connectivity index (χ1) is 18.0. The van der Waals surface area contributed by atoms with Gasteiger partial charge < -0.3 is 9.47 Å². The topological polar surface area (TPSA) is 146 Å². The molecule has 0 aliphatic carbocycles. The fraction of sp³-hybridized carbons (Fsp3) is 0.333. The number of rotatable bonds is 9. The van der Waals surface area contributed by atoms with Crippen molar-refractivity contribution in [2.75, 3.05) is 14.2 Å². The van der Waals surface area contributed by atoms with Crippen molar-refractivity contribution in [1.29, 1.82) is 5.26 Å². The summed E-state index contributed by atoms with van der Waals surface area (Å²) in [6, 6.07) is 6.95. The van der Waals surface area contributed by atoms with Crippen LogP contribution < -0.4 is 9.47 Å². The number of hydrogen-bond donors (Lipinski definition) is 0. The van der Waals surface area contributed by atoms with Gasteiger partial charge in [-0.05, 0) is 32.9 Å². The molecule has 4 aromatic rings. The molecule has 0 N–H and O–H groups in total. The first-order valence-corrected chi connectivity index (χ1v) is 13.8. The molecule has 0 bridgehead atoms. The van der Waals surface area contributed by atoms with Crippen molar-refractivity contribution in [2.45, 2.75) is 37.4 Å². The second kappa shape index (κ2) is 10.4. The summed E-state index contributed by atoms with van der Waals surface area (Å²) in [5.41, 5.74) is -1.20. The van der Waals surface area contributed by atoms with Gasteiger partial charge in [0.25, 0.3) is 0 Å². The molecule has 3 aromatic heterocycles. The zero-order valence-corrected chi connectivity index (χ0v) is 22.8. The van der Waals surface area contributed by atoms with Crippen molar-refractivity contribution < 1.29 is 22.3 Å². The highest BCUT2D eigenvalue weighted by molar-refractivity contribution is 7.91. The number of halogens is 1. The Labute approximate surface area is 222 Å². The summed E-state index contributed by atoms with van der Waals surface area (Å²) in [6.45, 7) is 4.16. The Hall–Kier alpha value is -3.96. The first-order valence-electron chi connectivity index (χ1n) is 11.2. The average molecular weight is 558 g/mol. The molecule has 0 unspecified atom stereocenters. The summed E-state index contributed by atoms with van der Waals surface area (Å²) < 4.78 is 55.7. The van der Waals surface area contributed by atoms with E-state index in [-0.39, 0.29) is 23.0 Å². The largest absolute Gasteiger partial charge is 0.494 e. The SMILES string of the molecule is COc1cccc(OC)c1-n1c(CS(=O)(=O)[C@@H](C)[C@](C)(F)c2ncc(C#N)cn2)nnc1-c1nc(C)cs1. The van der Waals surface area contributed by atoms with E-state index in [9.17, 15) is 8.42 Å². The Morgan fingerprint density at radius 3 is 2.34 bits per heavy atom. The van der Waals surface area contributed by atoms with E-state index in [1.807, 2.05) is 18.4 Å². The minimum Gasteiger partial charge on any atom is -0.494 e. The molecule has 0 radical (unpaired) electrons. The van der Waals surface area contributed by atoms with Crippen molar-refractivity contribution in [3.63, 3.8) is 0 Å². The number of nitriles is 1. The van der Waals surface area contributed by atoms with Crippen LogP contribution in [0.4, 0.5) is 4.39 Å². The van der Waals surface area contributed by atoms with Gasteiger partial charge >= 0.3 is 0 Å². The van der Waals surface area contributed by atoms with Crippen LogP contribution in [0.25, 0.3) is 16.5 Å². The lowest BCUT2D eigenvalue weighted by Crippen LogP contribution is -2.39. The number of hydrogen-bond acceptors (Lipinski definition) is 11. The van der Waals surface area contributed by atoms with Crippen molar-refractivity contribution in [3.8, 4) is 34.1 Å². The zero-order chi connectivity index (χ0) is 27.7. The Kier molecular flexibility index (Phi) is 7.43. The van der Waals surface area contributed by atoms with Crippen LogP contribution in [0.15, 0.2) is 36.0 Å². The molecular formula is C24H24FN7O4S2. The van der Waals surface area contributed by atoms with Gasteiger partial charge in [-0.25, -0.2) is 27.8 Å². The van der Waals surface area contributed by atoms with Crippen LogP contribution in [-0.2, 0) is 21.3 Å². The number of thiazole rings is 1. The maximum atomic E-state index is 15.9. The molecule has 0 fully saturated rings. The fourth-order valence-corrected chi connectivity index (χ4v) is 6.10. The van der Waals surface area contributed by atoms with Gasteiger partial charge in [0.15, 0.2) is 38.0 Å². The standard InChI is InChI=1S/C24H24FN7O4S2/c1-14-12-37-22(29-14)21-31-30-19(32(21)20-17(35-4)7-6-8-18(20)36-5)13-38(33,34)15(2)24(3,25)23-27-10-16(9-26)11-28-23/h6-8,10-12,15H,13H2,1-5H3/t15-,24-/m0/s1. The van der Waals surface area contributed by atoms with Crippen LogP contribution in [0.1, 0.15) is 36.8 Å². The highest BCUT2D eigenvalue weighted by Crippen LogP contribution is 2.38. The molecule has 14 heteroatoms. The lowest BCUT2D eigenvalue weighted by molar-refractivity contribution is 0.174. The van der Waals surface area contributed by atoms with Crippen molar-refractivity contribution >= 4 is 21.2 Å². The monoisotopic (exact) mass is 557 g/mol. The molecule has 11 nitrogen and oxygen atoms in total. The summed E-state index contributed by atoms with van der Waals surface area (Å²) in [5, 5.41) is 18.1. The minimum atomic E-state index is -4.21. The first kappa shape index (κ1) is 27.1. The van der Waals surface area contributed by atoms with Crippen LogP contribution in [-0.4, -0.2) is 57.6 Å². The summed E-state index contributed by atoms with van der Waals surface area (Å²) in [5.74, 6) is 0.0432. The number of benzene rings is 1. The molecule has 0 aliphatic heterocycles.